The van der Waals surface area contributed by atoms with Gasteiger partial charge in [-0.25, -0.2) is 19.2 Å². The summed E-state index contributed by atoms with van der Waals surface area (Å²) in [6.07, 6.45) is 0.301. The summed E-state index contributed by atoms with van der Waals surface area (Å²) in [5, 5.41) is 11.8. The van der Waals surface area contributed by atoms with Crippen LogP contribution in [0.1, 0.15) is 0 Å². The van der Waals surface area contributed by atoms with Crippen molar-refractivity contribution in [3.8, 4) is 0 Å². The quantitative estimate of drug-likeness (QED) is 0.874. The SMILES string of the molecule is O=C(O)N1CCN(c2ccc(Nc3ncnc(Cl)n3)cc2F)CC1. The lowest BCUT2D eigenvalue weighted by Gasteiger charge is -2.34. The second-order valence-electron chi connectivity index (χ2n) is 5.13. The number of carbonyl (C=O) groups is 1. The molecule has 0 radical (unpaired) electrons. The predicted octanol–water partition coefficient (Wildman–Crippen LogP) is 2.21. The number of nitrogens with zero attached hydrogens (tertiary/aromatic N) is 5. The van der Waals surface area contributed by atoms with Crippen molar-refractivity contribution in [3.05, 3.63) is 35.6 Å². The maximum atomic E-state index is 14.4. The summed E-state index contributed by atoms with van der Waals surface area (Å²) in [7, 11) is 0. The van der Waals surface area contributed by atoms with Crippen LogP contribution in [0.15, 0.2) is 24.5 Å². The first-order chi connectivity index (χ1) is 11.5. The highest BCUT2D eigenvalue weighted by Gasteiger charge is 2.22. The molecule has 0 saturated carbocycles. The zero-order chi connectivity index (χ0) is 17.1. The van der Waals surface area contributed by atoms with Gasteiger partial charge in [0.15, 0.2) is 0 Å². The molecule has 126 valence electrons. The van der Waals surface area contributed by atoms with Crippen molar-refractivity contribution in [1.29, 1.82) is 0 Å². The van der Waals surface area contributed by atoms with Crippen LogP contribution in [-0.2, 0) is 0 Å². The standard InChI is InChI=1S/C14H14ClFN6O2/c15-12-17-8-18-13(20-12)19-9-1-2-11(10(16)7-9)21-3-5-22(6-4-21)14(23)24/h1-2,7-8H,3-6H2,(H,23,24)(H,17,18,19,20). The number of benzene rings is 1. The molecule has 0 aliphatic carbocycles. The van der Waals surface area contributed by atoms with Gasteiger partial charge in [-0.2, -0.15) is 4.98 Å². The number of aromatic nitrogens is 3. The molecule has 0 bridgehead atoms. The number of amides is 1. The van der Waals surface area contributed by atoms with Gasteiger partial charge in [0, 0.05) is 31.9 Å². The number of hydrogen-bond donors (Lipinski definition) is 2. The Morgan fingerprint density at radius 2 is 2.00 bits per heavy atom. The minimum absolute atomic E-state index is 0.0425. The molecule has 8 nitrogen and oxygen atoms in total. The molecule has 1 aromatic carbocycles. The van der Waals surface area contributed by atoms with Gasteiger partial charge in [-0.3, -0.25) is 0 Å². The third-order valence-corrected chi connectivity index (χ3v) is 3.82. The van der Waals surface area contributed by atoms with Crippen molar-refractivity contribution in [1.82, 2.24) is 19.9 Å². The Hall–Kier alpha value is -2.68. The highest BCUT2D eigenvalue weighted by Crippen LogP contribution is 2.25. The zero-order valence-corrected chi connectivity index (χ0v) is 13.2. The highest BCUT2D eigenvalue weighted by molar-refractivity contribution is 6.28. The van der Waals surface area contributed by atoms with E-state index >= 15 is 0 Å². The monoisotopic (exact) mass is 352 g/mol. The molecule has 1 aromatic heterocycles. The third kappa shape index (κ3) is 3.62. The Kier molecular flexibility index (Phi) is 4.61. The van der Waals surface area contributed by atoms with Crippen LogP contribution in [-0.4, -0.2) is 57.2 Å². The largest absolute Gasteiger partial charge is 0.465 e. The Balaban J connectivity index is 1.70. The number of piperazine rings is 1. The lowest BCUT2D eigenvalue weighted by atomic mass is 10.2. The summed E-state index contributed by atoms with van der Waals surface area (Å²) < 4.78 is 14.4. The van der Waals surface area contributed by atoms with Gasteiger partial charge >= 0.3 is 6.09 Å². The number of hydrogen-bond acceptors (Lipinski definition) is 6. The van der Waals surface area contributed by atoms with Crippen LogP contribution >= 0.6 is 11.6 Å². The van der Waals surface area contributed by atoms with Gasteiger partial charge in [0.1, 0.15) is 12.1 Å². The van der Waals surface area contributed by atoms with Crippen LogP contribution < -0.4 is 10.2 Å². The van der Waals surface area contributed by atoms with Crippen molar-refractivity contribution in [2.75, 3.05) is 36.4 Å². The van der Waals surface area contributed by atoms with Crippen LogP contribution in [0.5, 0.6) is 0 Å². The van der Waals surface area contributed by atoms with E-state index in [9.17, 15) is 9.18 Å². The van der Waals surface area contributed by atoms with Gasteiger partial charge in [-0.05, 0) is 29.8 Å². The summed E-state index contributed by atoms with van der Waals surface area (Å²) >= 11 is 5.67. The summed E-state index contributed by atoms with van der Waals surface area (Å²) in [4.78, 5) is 25.5. The molecule has 1 saturated heterocycles. The van der Waals surface area contributed by atoms with Crippen LogP contribution in [0.2, 0.25) is 5.28 Å². The Labute approximate surface area is 141 Å². The van der Waals surface area contributed by atoms with Gasteiger partial charge in [0.05, 0.1) is 5.69 Å². The van der Waals surface area contributed by atoms with E-state index in [1.165, 1.54) is 17.3 Å². The fraction of sp³-hybridized carbons (Fsp3) is 0.286. The molecule has 3 rings (SSSR count). The molecule has 0 atom stereocenters. The topological polar surface area (TPSA) is 94.5 Å². The molecule has 2 N–H and O–H groups in total. The third-order valence-electron chi connectivity index (χ3n) is 3.64. The predicted molar refractivity (Wildman–Crippen MR) is 86.3 cm³/mol. The number of rotatable bonds is 3. The average molecular weight is 353 g/mol. The summed E-state index contributed by atoms with van der Waals surface area (Å²) in [6, 6.07) is 4.66. The minimum Gasteiger partial charge on any atom is -0.465 e. The van der Waals surface area contributed by atoms with Crippen LogP contribution in [0.3, 0.4) is 0 Å². The van der Waals surface area contributed by atoms with E-state index in [1.54, 1.807) is 12.1 Å². The van der Waals surface area contributed by atoms with E-state index in [1.807, 2.05) is 4.90 Å². The maximum Gasteiger partial charge on any atom is 0.407 e. The smallest absolute Gasteiger partial charge is 0.407 e. The number of halogens is 2. The first kappa shape index (κ1) is 16.2. The first-order valence-corrected chi connectivity index (χ1v) is 7.54. The van der Waals surface area contributed by atoms with Gasteiger partial charge < -0.3 is 20.2 Å². The summed E-state index contributed by atoms with van der Waals surface area (Å²) in [5.41, 5.74) is 0.905. The van der Waals surface area contributed by atoms with Crippen molar-refractivity contribution in [2.24, 2.45) is 0 Å². The summed E-state index contributed by atoms with van der Waals surface area (Å²) in [5.74, 6) is -0.193. The van der Waals surface area contributed by atoms with Crippen LogP contribution in [0.25, 0.3) is 0 Å². The molecule has 0 unspecified atom stereocenters. The fourth-order valence-corrected chi connectivity index (χ4v) is 2.57. The molecule has 2 aromatic rings. The highest BCUT2D eigenvalue weighted by atomic mass is 35.5. The maximum absolute atomic E-state index is 14.4. The van der Waals surface area contributed by atoms with Crippen LogP contribution in [0, 0.1) is 5.82 Å². The molecule has 1 amide bonds. The van der Waals surface area contributed by atoms with Crippen molar-refractivity contribution >= 4 is 35.0 Å². The molecule has 1 fully saturated rings. The van der Waals surface area contributed by atoms with Gasteiger partial charge in [0.2, 0.25) is 11.2 Å². The molecule has 1 aliphatic rings. The lowest BCUT2D eigenvalue weighted by Crippen LogP contribution is -2.48. The van der Waals surface area contributed by atoms with E-state index in [0.717, 1.165) is 0 Å². The fourth-order valence-electron chi connectivity index (χ4n) is 2.45. The van der Waals surface area contributed by atoms with Crippen molar-refractivity contribution < 1.29 is 14.3 Å². The molecule has 2 heterocycles. The second-order valence-corrected chi connectivity index (χ2v) is 5.46. The number of carboxylic acid groups (broad SMARTS) is 1. The number of nitrogens with one attached hydrogen (secondary N) is 1. The molecule has 0 spiro atoms. The molecular weight excluding hydrogens is 339 g/mol. The average Bonchev–Trinajstić information content (AvgIpc) is 2.55. The van der Waals surface area contributed by atoms with E-state index in [-0.39, 0.29) is 11.2 Å². The number of anilines is 3. The molecule has 1 aliphatic heterocycles. The molecular formula is C14H14ClFN6O2. The van der Waals surface area contributed by atoms with Crippen molar-refractivity contribution in [3.63, 3.8) is 0 Å². The van der Waals surface area contributed by atoms with E-state index in [2.05, 4.69) is 20.3 Å². The van der Waals surface area contributed by atoms with E-state index in [4.69, 9.17) is 16.7 Å². The van der Waals surface area contributed by atoms with Gasteiger partial charge in [-0.1, -0.05) is 0 Å². The van der Waals surface area contributed by atoms with Crippen molar-refractivity contribution in [2.45, 2.75) is 0 Å². The molecule has 24 heavy (non-hydrogen) atoms. The lowest BCUT2D eigenvalue weighted by molar-refractivity contribution is 0.142. The van der Waals surface area contributed by atoms with Gasteiger partial charge in [0.25, 0.3) is 0 Å². The van der Waals surface area contributed by atoms with Crippen LogP contribution in [0.4, 0.5) is 26.5 Å². The Morgan fingerprint density at radius 1 is 1.25 bits per heavy atom. The normalized spacial score (nSPS) is 14.6. The van der Waals surface area contributed by atoms with E-state index in [0.29, 0.717) is 37.6 Å². The first-order valence-electron chi connectivity index (χ1n) is 7.17. The van der Waals surface area contributed by atoms with Gasteiger partial charge in [-0.15, -0.1) is 0 Å². The zero-order valence-electron chi connectivity index (χ0n) is 12.5. The minimum atomic E-state index is -0.953. The summed E-state index contributed by atoms with van der Waals surface area (Å²) in [6.45, 7) is 1.58. The second kappa shape index (κ2) is 6.83. The molecule has 10 heteroatoms. The Morgan fingerprint density at radius 3 is 2.62 bits per heavy atom. The Bertz CT molecular complexity index is 754. The van der Waals surface area contributed by atoms with E-state index < -0.39 is 11.9 Å².